The zero-order valence-electron chi connectivity index (χ0n) is 13.9. The predicted molar refractivity (Wildman–Crippen MR) is 95.7 cm³/mol. The Morgan fingerprint density at radius 3 is 2.80 bits per heavy atom. The molecule has 0 aliphatic carbocycles. The highest BCUT2D eigenvalue weighted by molar-refractivity contribution is 7.98. The number of nitrogens with zero attached hydrogens (tertiary/aromatic N) is 2. The van der Waals surface area contributed by atoms with Gasteiger partial charge in [0.2, 0.25) is 0 Å². The van der Waals surface area contributed by atoms with E-state index in [2.05, 4.69) is 15.5 Å². The van der Waals surface area contributed by atoms with Crippen LogP contribution in [-0.4, -0.2) is 29.4 Å². The van der Waals surface area contributed by atoms with Gasteiger partial charge in [0.25, 0.3) is 5.91 Å². The van der Waals surface area contributed by atoms with Crippen LogP contribution in [0.3, 0.4) is 0 Å². The second kappa shape index (κ2) is 7.85. The molecule has 0 aliphatic rings. The lowest BCUT2D eigenvalue weighted by Crippen LogP contribution is -2.23. The third-order valence-corrected chi connectivity index (χ3v) is 4.29. The Kier molecular flexibility index (Phi) is 5.35. The van der Waals surface area contributed by atoms with Gasteiger partial charge in [-0.3, -0.25) is 4.79 Å². The van der Waals surface area contributed by atoms with Crippen LogP contribution < -0.4 is 10.1 Å². The number of methoxy groups -OCH3 is 1. The average molecular weight is 355 g/mol. The van der Waals surface area contributed by atoms with E-state index in [1.54, 1.807) is 31.5 Å². The molecule has 1 N–H and O–H groups in total. The maximum Gasteiger partial charge on any atom is 0.254 e. The Morgan fingerprint density at radius 1 is 1.28 bits per heavy atom. The Bertz CT molecular complexity index is 862. The second-order valence-corrected chi connectivity index (χ2v) is 5.94. The van der Waals surface area contributed by atoms with Crippen molar-refractivity contribution in [2.24, 2.45) is 0 Å². The topological polar surface area (TPSA) is 77.2 Å². The van der Waals surface area contributed by atoms with Crippen LogP contribution in [0, 0.1) is 0 Å². The van der Waals surface area contributed by atoms with Gasteiger partial charge in [-0.05, 0) is 42.7 Å². The van der Waals surface area contributed by atoms with Gasteiger partial charge in [0.1, 0.15) is 16.5 Å². The van der Waals surface area contributed by atoms with Gasteiger partial charge in [0, 0.05) is 17.8 Å². The van der Waals surface area contributed by atoms with Gasteiger partial charge < -0.3 is 14.6 Å². The molecule has 1 amide bonds. The van der Waals surface area contributed by atoms with E-state index in [0.29, 0.717) is 22.0 Å². The first-order valence-electron chi connectivity index (χ1n) is 7.58. The minimum atomic E-state index is -0.195. The molecule has 1 aromatic carbocycles. The number of aromatic nitrogens is 2. The molecule has 2 aromatic heterocycles. The maximum absolute atomic E-state index is 12.3. The Morgan fingerprint density at radius 2 is 2.08 bits per heavy atom. The number of hydrogen-bond donors (Lipinski definition) is 1. The monoisotopic (exact) mass is 355 g/mol. The molecule has 7 heteroatoms. The highest BCUT2D eigenvalue weighted by Gasteiger charge is 2.13. The van der Waals surface area contributed by atoms with Gasteiger partial charge in [-0.15, -0.1) is 11.8 Å². The summed E-state index contributed by atoms with van der Waals surface area (Å²) in [5.74, 6) is 1.16. The van der Waals surface area contributed by atoms with Crippen LogP contribution in [0.2, 0.25) is 0 Å². The highest BCUT2D eigenvalue weighted by Crippen LogP contribution is 2.22. The smallest absolute Gasteiger partial charge is 0.254 e. The lowest BCUT2D eigenvalue weighted by molar-refractivity contribution is 0.0943. The molecule has 3 aromatic rings. The molecule has 0 radical (unpaired) electrons. The van der Waals surface area contributed by atoms with Crippen molar-refractivity contribution in [3.8, 4) is 17.0 Å². The van der Waals surface area contributed by atoms with Crippen LogP contribution in [0.1, 0.15) is 16.1 Å². The lowest BCUT2D eigenvalue weighted by Gasteiger charge is -2.05. The first-order valence-corrected chi connectivity index (χ1v) is 8.81. The van der Waals surface area contributed by atoms with E-state index in [-0.39, 0.29) is 12.5 Å². The minimum Gasteiger partial charge on any atom is -0.497 e. The van der Waals surface area contributed by atoms with E-state index < -0.39 is 0 Å². The van der Waals surface area contributed by atoms with Crippen molar-refractivity contribution >= 4 is 17.7 Å². The standard InChI is InChI=1S/C18H17N3O3S/c1-23-13-7-5-12(6-8-13)16-10-14(24-21-16)11-20-17(22)15-4-3-9-19-18(15)25-2/h3-10H,11H2,1-2H3,(H,20,22). The third kappa shape index (κ3) is 4.00. The fraction of sp³-hybridized carbons (Fsp3) is 0.167. The maximum atomic E-state index is 12.3. The Balaban J connectivity index is 1.66. The summed E-state index contributed by atoms with van der Waals surface area (Å²) < 4.78 is 10.4. The van der Waals surface area contributed by atoms with Crippen molar-refractivity contribution < 1.29 is 14.1 Å². The van der Waals surface area contributed by atoms with E-state index in [0.717, 1.165) is 11.3 Å². The summed E-state index contributed by atoms with van der Waals surface area (Å²) in [5, 5.41) is 7.56. The number of benzene rings is 1. The van der Waals surface area contributed by atoms with Crippen molar-refractivity contribution in [1.29, 1.82) is 0 Å². The molecule has 2 heterocycles. The van der Waals surface area contributed by atoms with Crippen molar-refractivity contribution in [3.05, 3.63) is 60.0 Å². The summed E-state index contributed by atoms with van der Waals surface area (Å²) >= 11 is 1.43. The SMILES string of the molecule is COc1ccc(-c2cc(CNC(=O)c3cccnc3SC)on2)cc1. The summed E-state index contributed by atoms with van der Waals surface area (Å²) in [5.41, 5.74) is 2.17. The average Bonchev–Trinajstić information content (AvgIpc) is 3.15. The lowest BCUT2D eigenvalue weighted by atomic mass is 10.1. The molecule has 0 unspecified atom stereocenters. The van der Waals surface area contributed by atoms with Crippen molar-refractivity contribution in [1.82, 2.24) is 15.5 Å². The molecule has 25 heavy (non-hydrogen) atoms. The van der Waals surface area contributed by atoms with Gasteiger partial charge in [-0.25, -0.2) is 4.98 Å². The van der Waals surface area contributed by atoms with Crippen LogP contribution in [0.25, 0.3) is 11.3 Å². The number of hydrogen-bond acceptors (Lipinski definition) is 6. The molecular weight excluding hydrogens is 338 g/mol. The van der Waals surface area contributed by atoms with E-state index in [1.807, 2.05) is 30.5 Å². The zero-order valence-corrected chi connectivity index (χ0v) is 14.7. The number of rotatable bonds is 6. The highest BCUT2D eigenvalue weighted by atomic mass is 32.2. The van der Waals surface area contributed by atoms with E-state index in [1.165, 1.54) is 11.8 Å². The molecule has 0 fully saturated rings. The van der Waals surface area contributed by atoms with Crippen molar-refractivity contribution in [2.45, 2.75) is 11.6 Å². The van der Waals surface area contributed by atoms with Gasteiger partial charge in [-0.1, -0.05) is 5.16 Å². The Hall–Kier alpha value is -2.80. The molecule has 0 saturated carbocycles. The van der Waals surface area contributed by atoms with Gasteiger partial charge in [0.15, 0.2) is 5.76 Å². The molecular formula is C18H17N3O3S. The fourth-order valence-electron chi connectivity index (χ4n) is 2.28. The second-order valence-electron chi connectivity index (χ2n) is 5.15. The number of pyridine rings is 1. The van der Waals surface area contributed by atoms with Crippen LogP contribution in [0.4, 0.5) is 0 Å². The Labute approximate surface area is 149 Å². The van der Waals surface area contributed by atoms with Crippen LogP contribution in [0.5, 0.6) is 5.75 Å². The predicted octanol–water partition coefficient (Wildman–Crippen LogP) is 3.40. The molecule has 0 spiro atoms. The molecule has 0 atom stereocenters. The molecule has 6 nitrogen and oxygen atoms in total. The molecule has 0 bridgehead atoms. The molecule has 3 rings (SSSR count). The van der Waals surface area contributed by atoms with Crippen LogP contribution in [-0.2, 0) is 6.54 Å². The molecule has 0 saturated heterocycles. The van der Waals surface area contributed by atoms with Crippen LogP contribution >= 0.6 is 11.8 Å². The van der Waals surface area contributed by atoms with Gasteiger partial charge in [-0.2, -0.15) is 0 Å². The zero-order chi connectivity index (χ0) is 17.6. The normalized spacial score (nSPS) is 10.5. The van der Waals surface area contributed by atoms with E-state index in [9.17, 15) is 4.79 Å². The summed E-state index contributed by atoms with van der Waals surface area (Å²) in [6, 6.07) is 12.8. The number of carbonyl (C=O) groups excluding carboxylic acids is 1. The summed E-state index contributed by atoms with van der Waals surface area (Å²) in [7, 11) is 1.62. The van der Waals surface area contributed by atoms with Crippen LogP contribution in [0.15, 0.2) is 58.2 Å². The fourth-order valence-corrected chi connectivity index (χ4v) is 2.83. The number of carbonyl (C=O) groups is 1. The number of thioether (sulfide) groups is 1. The van der Waals surface area contributed by atoms with Gasteiger partial charge >= 0.3 is 0 Å². The third-order valence-electron chi connectivity index (χ3n) is 3.58. The summed E-state index contributed by atoms with van der Waals surface area (Å²) in [6.07, 6.45) is 3.55. The van der Waals surface area contributed by atoms with E-state index >= 15 is 0 Å². The summed E-state index contributed by atoms with van der Waals surface area (Å²) in [4.78, 5) is 16.5. The van der Waals surface area contributed by atoms with Crippen molar-refractivity contribution in [3.63, 3.8) is 0 Å². The molecule has 128 valence electrons. The van der Waals surface area contributed by atoms with E-state index in [4.69, 9.17) is 9.26 Å². The largest absolute Gasteiger partial charge is 0.497 e. The quantitative estimate of drug-likeness (QED) is 0.683. The number of nitrogens with one attached hydrogen (secondary N) is 1. The van der Waals surface area contributed by atoms with Gasteiger partial charge in [0.05, 0.1) is 19.2 Å². The molecule has 0 aliphatic heterocycles. The summed E-state index contributed by atoms with van der Waals surface area (Å²) in [6.45, 7) is 0.255. The minimum absolute atomic E-state index is 0.195. The van der Waals surface area contributed by atoms with Crippen molar-refractivity contribution in [2.75, 3.05) is 13.4 Å². The first-order chi connectivity index (χ1) is 12.2. The first kappa shape index (κ1) is 17.0. The number of amides is 1. The number of ether oxygens (including phenoxy) is 1.